The molecule has 1 unspecified atom stereocenters. The molecular formula is C24H30NO2P. The van der Waals surface area contributed by atoms with Crippen molar-refractivity contribution in [3.05, 3.63) is 83.4 Å². The molecule has 1 heterocycles. The number of nitrogens with one attached hydrogen (secondary N) is 1. The highest BCUT2D eigenvalue weighted by molar-refractivity contribution is 7.68. The molecule has 1 aliphatic rings. The molecule has 1 atom stereocenters. The van der Waals surface area contributed by atoms with E-state index in [0.29, 0.717) is 17.4 Å². The Labute approximate surface area is 168 Å². The SMILES string of the molecule is CCCCC(CC)CNP1(=O)C=C(c2ccccc2)OC(c2ccccc2)=C1. The van der Waals surface area contributed by atoms with Crippen molar-refractivity contribution >= 4 is 18.8 Å². The lowest BCUT2D eigenvalue weighted by atomic mass is 10.00. The fourth-order valence-electron chi connectivity index (χ4n) is 3.33. The van der Waals surface area contributed by atoms with Crippen LogP contribution in [0, 0.1) is 5.92 Å². The van der Waals surface area contributed by atoms with Crippen molar-refractivity contribution in [2.24, 2.45) is 5.92 Å². The van der Waals surface area contributed by atoms with Crippen molar-refractivity contribution in [1.29, 1.82) is 0 Å². The molecule has 0 saturated carbocycles. The smallest absolute Gasteiger partial charge is 0.198 e. The highest BCUT2D eigenvalue weighted by atomic mass is 31.2. The zero-order chi connectivity index (χ0) is 19.8. The molecule has 0 aliphatic carbocycles. The predicted octanol–water partition coefficient (Wildman–Crippen LogP) is 7.10. The van der Waals surface area contributed by atoms with Gasteiger partial charge in [-0.25, -0.2) is 0 Å². The summed E-state index contributed by atoms with van der Waals surface area (Å²) < 4.78 is 19.9. The molecule has 1 aliphatic heterocycles. The minimum absolute atomic E-state index is 0.538. The fraction of sp³-hybridized carbons (Fsp3) is 0.333. The minimum Gasteiger partial charge on any atom is -0.456 e. The minimum atomic E-state index is -2.85. The lowest BCUT2D eigenvalue weighted by Crippen LogP contribution is -2.20. The third-order valence-electron chi connectivity index (χ3n) is 5.12. The normalized spacial score (nSPS) is 16.6. The first kappa shape index (κ1) is 20.6. The zero-order valence-electron chi connectivity index (χ0n) is 16.8. The maximum Gasteiger partial charge on any atom is 0.198 e. The van der Waals surface area contributed by atoms with E-state index in [4.69, 9.17) is 4.74 Å². The molecule has 1 N–H and O–H groups in total. The average molecular weight is 395 g/mol. The standard InChI is InChI=1S/C24H30NO2P/c1-3-5-12-20(4-2)17-25-28(26)18-23(21-13-8-6-9-14-21)27-24(19-28)22-15-10-7-11-16-22/h6-11,13-16,18-20H,3-5,12,17H2,1-2H3,(H,25,26). The van der Waals surface area contributed by atoms with E-state index in [0.717, 1.165) is 24.1 Å². The zero-order valence-corrected chi connectivity index (χ0v) is 17.7. The third kappa shape index (κ3) is 5.47. The Morgan fingerprint density at radius 1 is 0.893 bits per heavy atom. The van der Waals surface area contributed by atoms with E-state index in [2.05, 4.69) is 18.9 Å². The lowest BCUT2D eigenvalue weighted by molar-refractivity contribution is 0.443. The molecule has 4 heteroatoms. The summed E-state index contributed by atoms with van der Waals surface area (Å²) in [6.45, 7) is 5.17. The number of unbranched alkanes of at least 4 members (excludes halogenated alkanes) is 1. The van der Waals surface area contributed by atoms with E-state index < -0.39 is 7.29 Å². The molecule has 2 aromatic carbocycles. The Bertz CT molecular complexity index is 799. The van der Waals surface area contributed by atoms with Gasteiger partial charge in [-0.1, -0.05) is 93.8 Å². The van der Waals surface area contributed by atoms with Crippen LogP contribution < -0.4 is 5.09 Å². The molecular weight excluding hydrogens is 365 g/mol. The predicted molar refractivity (Wildman–Crippen MR) is 119 cm³/mol. The number of hydrogen-bond donors (Lipinski definition) is 1. The van der Waals surface area contributed by atoms with E-state index in [1.165, 1.54) is 19.3 Å². The van der Waals surface area contributed by atoms with Gasteiger partial charge in [-0.05, 0) is 12.3 Å². The van der Waals surface area contributed by atoms with Gasteiger partial charge in [-0.2, -0.15) is 0 Å². The van der Waals surface area contributed by atoms with Gasteiger partial charge in [0, 0.05) is 29.3 Å². The van der Waals surface area contributed by atoms with Crippen LogP contribution in [0.2, 0.25) is 0 Å². The molecule has 3 rings (SSSR count). The van der Waals surface area contributed by atoms with Crippen LogP contribution >= 0.6 is 7.29 Å². The second kappa shape index (κ2) is 9.91. The van der Waals surface area contributed by atoms with Crippen LogP contribution in [0.5, 0.6) is 0 Å². The molecule has 148 valence electrons. The first-order valence-electron chi connectivity index (χ1n) is 10.2. The number of rotatable bonds is 9. The summed E-state index contributed by atoms with van der Waals surface area (Å²) in [7, 11) is -2.85. The van der Waals surface area contributed by atoms with Crippen molar-refractivity contribution in [3.8, 4) is 0 Å². The molecule has 0 spiro atoms. The van der Waals surface area contributed by atoms with Crippen molar-refractivity contribution in [3.63, 3.8) is 0 Å². The van der Waals surface area contributed by atoms with Gasteiger partial charge in [-0.3, -0.25) is 9.65 Å². The molecule has 0 bridgehead atoms. The lowest BCUT2D eigenvalue weighted by Gasteiger charge is -2.25. The monoisotopic (exact) mass is 395 g/mol. The topological polar surface area (TPSA) is 38.3 Å². The van der Waals surface area contributed by atoms with Crippen molar-refractivity contribution < 1.29 is 9.30 Å². The van der Waals surface area contributed by atoms with Crippen LogP contribution in [0.3, 0.4) is 0 Å². The van der Waals surface area contributed by atoms with Crippen molar-refractivity contribution in [2.45, 2.75) is 39.5 Å². The largest absolute Gasteiger partial charge is 0.456 e. The van der Waals surface area contributed by atoms with Crippen LogP contribution in [-0.2, 0) is 9.30 Å². The molecule has 2 aromatic rings. The second-order valence-electron chi connectivity index (χ2n) is 7.31. The van der Waals surface area contributed by atoms with Crippen LogP contribution in [0.4, 0.5) is 0 Å². The molecule has 0 amide bonds. The highest BCUT2D eigenvalue weighted by Crippen LogP contribution is 2.53. The Kier molecular flexibility index (Phi) is 7.30. The van der Waals surface area contributed by atoms with Crippen LogP contribution in [0.15, 0.2) is 72.3 Å². The Morgan fingerprint density at radius 2 is 1.43 bits per heavy atom. The van der Waals surface area contributed by atoms with Gasteiger partial charge in [0.1, 0.15) is 11.5 Å². The van der Waals surface area contributed by atoms with E-state index in [1.807, 2.05) is 60.7 Å². The summed E-state index contributed by atoms with van der Waals surface area (Å²) in [5.74, 6) is 5.40. The van der Waals surface area contributed by atoms with Gasteiger partial charge < -0.3 is 4.74 Å². The first-order chi connectivity index (χ1) is 13.6. The van der Waals surface area contributed by atoms with Gasteiger partial charge in [-0.15, -0.1) is 0 Å². The molecule has 0 fully saturated rings. The fourth-order valence-corrected chi connectivity index (χ4v) is 5.24. The molecule has 0 radical (unpaired) electrons. The van der Waals surface area contributed by atoms with Crippen LogP contribution in [0.25, 0.3) is 11.5 Å². The molecule has 0 saturated heterocycles. The average Bonchev–Trinajstić information content (AvgIpc) is 2.75. The summed E-state index contributed by atoms with van der Waals surface area (Å²) in [6.07, 6.45) is 4.66. The van der Waals surface area contributed by atoms with Gasteiger partial charge >= 0.3 is 0 Å². The molecule has 0 aromatic heterocycles. The van der Waals surface area contributed by atoms with Crippen LogP contribution in [-0.4, -0.2) is 6.54 Å². The second-order valence-corrected chi connectivity index (χ2v) is 9.56. The van der Waals surface area contributed by atoms with E-state index in [9.17, 15) is 4.57 Å². The molecule has 3 nitrogen and oxygen atoms in total. The quantitative estimate of drug-likeness (QED) is 0.460. The summed E-state index contributed by atoms with van der Waals surface area (Å²) in [5, 5.41) is 3.38. The Balaban J connectivity index is 1.88. The maximum absolute atomic E-state index is 13.8. The van der Waals surface area contributed by atoms with Crippen molar-refractivity contribution in [1.82, 2.24) is 5.09 Å². The first-order valence-corrected chi connectivity index (χ1v) is 12.1. The molecule has 28 heavy (non-hydrogen) atoms. The van der Waals surface area contributed by atoms with E-state index in [-0.39, 0.29) is 0 Å². The van der Waals surface area contributed by atoms with Gasteiger partial charge in [0.05, 0.1) is 0 Å². The Hall–Kier alpha value is -2.09. The highest BCUT2D eigenvalue weighted by Gasteiger charge is 2.27. The summed E-state index contributed by atoms with van der Waals surface area (Å²) in [4.78, 5) is 0. The Morgan fingerprint density at radius 3 is 1.89 bits per heavy atom. The number of ether oxygens (including phenoxy) is 1. The number of hydrogen-bond acceptors (Lipinski definition) is 2. The van der Waals surface area contributed by atoms with E-state index in [1.54, 1.807) is 11.6 Å². The summed E-state index contributed by atoms with van der Waals surface area (Å²) >= 11 is 0. The van der Waals surface area contributed by atoms with Gasteiger partial charge in [0.25, 0.3) is 0 Å². The van der Waals surface area contributed by atoms with Crippen LogP contribution in [0.1, 0.15) is 50.7 Å². The van der Waals surface area contributed by atoms with Crippen molar-refractivity contribution in [2.75, 3.05) is 6.54 Å². The number of benzene rings is 2. The van der Waals surface area contributed by atoms with Gasteiger partial charge in [0.2, 0.25) is 0 Å². The summed E-state index contributed by atoms with van der Waals surface area (Å²) in [5.41, 5.74) is 1.87. The van der Waals surface area contributed by atoms with Gasteiger partial charge in [0.15, 0.2) is 7.29 Å². The summed E-state index contributed by atoms with van der Waals surface area (Å²) in [6, 6.07) is 19.8. The third-order valence-corrected chi connectivity index (χ3v) is 7.04. The maximum atomic E-state index is 13.8. The van der Waals surface area contributed by atoms with E-state index >= 15 is 0 Å².